The molecule has 1 amide bonds. The number of pyridine rings is 1. The van der Waals surface area contributed by atoms with Crippen LogP contribution in [0.1, 0.15) is 26.8 Å². The van der Waals surface area contributed by atoms with Crippen molar-refractivity contribution in [3.05, 3.63) is 128 Å². The van der Waals surface area contributed by atoms with E-state index in [0.29, 0.717) is 26.7 Å². The first-order valence-corrected chi connectivity index (χ1v) is 13.7. The average Bonchev–Trinajstić information content (AvgIpc) is 3.64. The molecule has 0 radical (unpaired) electrons. The summed E-state index contributed by atoms with van der Waals surface area (Å²) in [5.74, 6) is -0.167. The fourth-order valence-electron chi connectivity index (χ4n) is 4.95. The largest absolute Gasteiger partial charge is 0.378 e. The molecule has 1 aliphatic rings. The third-order valence-electron chi connectivity index (χ3n) is 6.85. The van der Waals surface area contributed by atoms with Gasteiger partial charge in [-0.1, -0.05) is 60.1 Å². The van der Waals surface area contributed by atoms with Gasteiger partial charge in [0.05, 0.1) is 22.2 Å². The van der Waals surface area contributed by atoms with Gasteiger partial charge < -0.3 is 9.88 Å². The van der Waals surface area contributed by atoms with E-state index < -0.39 is 6.04 Å². The van der Waals surface area contributed by atoms with Crippen LogP contribution < -0.4 is 15.9 Å². The van der Waals surface area contributed by atoms with Gasteiger partial charge in [0.1, 0.15) is 0 Å². The lowest BCUT2D eigenvalue weighted by Crippen LogP contribution is -2.39. The molecular weight excluding hydrogens is 528 g/mol. The van der Waals surface area contributed by atoms with Gasteiger partial charge in [-0.05, 0) is 59.0 Å². The highest BCUT2D eigenvalue weighted by molar-refractivity contribution is 7.12. The maximum atomic E-state index is 13.7. The van der Waals surface area contributed by atoms with Gasteiger partial charge in [0.2, 0.25) is 0 Å². The summed E-state index contributed by atoms with van der Waals surface area (Å²) in [7, 11) is 3.97. The van der Waals surface area contributed by atoms with Gasteiger partial charge in [-0.15, -0.1) is 11.3 Å². The second-order valence-electron chi connectivity index (χ2n) is 9.54. The molecule has 2 N–H and O–H groups in total. The summed E-state index contributed by atoms with van der Waals surface area (Å²) in [5, 5.41) is 4.87. The normalized spacial score (nSPS) is 14.8. The quantitative estimate of drug-likeness (QED) is 0.254. The van der Waals surface area contributed by atoms with Gasteiger partial charge in [0.15, 0.2) is 0 Å². The fourth-order valence-corrected chi connectivity index (χ4v) is 5.78. The summed E-state index contributed by atoms with van der Waals surface area (Å²) in [6.07, 6.45) is 1.95. The van der Waals surface area contributed by atoms with Crippen molar-refractivity contribution in [2.45, 2.75) is 6.04 Å². The number of anilines is 1. The van der Waals surface area contributed by atoms with E-state index in [1.807, 2.05) is 103 Å². The second kappa shape index (κ2) is 10.1. The number of fused-ring (bicyclic) bond motifs is 1. The first kappa shape index (κ1) is 25.0. The van der Waals surface area contributed by atoms with Crippen molar-refractivity contribution in [3.63, 3.8) is 0 Å². The number of hydrazine groups is 1. The summed E-state index contributed by atoms with van der Waals surface area (Å²) in [6, 6.07) is 26.5. The topological polar surface area (TPSA) is 68.4 Å². The van der Waals surface area contributed by atoms with Crippen molar-refractivity contribution < 1.29 is 4.79 Å². The van der Waals surface area contributed by atoms with Gasteiger partial charge in [0, 0.05) is 41.3 Å². The van der Waals surface area contributed by atoms with Gasteiger partial charge in [-0.25, -0.2) is 5.01 Å². The van der Waals surface area contributed by atoms with Gasteiger partial charge in [0.25, 0.3) is 11.5 Å². The molecule has 0 fully saturated rings. The molecular formula is C31H25ClN4O2S. The molecule has 1 aliphatic heterocycles. The summed E-state index contributed by atoms with van der Waals surface area (Å²) < 4.78 is 0. The number of nitrogens with one attached hydrogen (secondary N) is 2. The molecule has 8 heteroatoms. The van der Waals surface area contributed by atoms with Crippen molar-refractivity contribution in [3.8, 4) is 11.1 Å². The number of hydrogen-bond acceptors (Lipinski definition) is 5. The van der Waals surface area contributed by atoms with Gasteiger partial charge in [-0.3, -0.25) is 15.0 Å². The molecule has 39 heavy (non-hydrogen) atoms. The Morgan fingerprint density at radius 2 is 1.72 bits per heavy atom. The van der Waals surface area contributed by atoms with Crippen molar-refractivity contribution in [1.29, 1.82) is 0 Å². The summed E-state index contributed by atoms with van der Waals surface area (Å²) in [6.45, 7) is 0. The van der Waals surface area contributed by atoms with E-state index in [9.17, 15) is 9.59 Å². The molecule has 0 saturated heterocycles. The van der Waals surface area contributed by atoms with E-state index in [1.165, 1.54) is 11.3 Å². The first-order chi connectivity index (χ1) is 18.9. The summed E-state index contributed by atoms with van der Waals surface area (Å²) >= 11 is 7.79. The smallest absolute Gasteiger partial charge is 0.283 e. The highest BCUT2D eigenvalue weighted by atomic mass is 35.5. The van der Waals surface area contributed by atoms with Gasteiger partial charge >= 0.3 is 0 Å². The number of amides is 1. The molecule has 6 rings (SSSR count). The standard InChI is InChI=1S/C31H25ClN4O2S/c1-35(2)22-13-10-19(11-14-22)26-18-25(34-36(26)31(38)27-9-6-16-39-27)29-28(20-7-4-3-5-8-20)23-17-21(32)12-15-24(23)33-30(29)37/h3-18,26,34H,1-2H3,(H,33,37)/t26-/m1/s1. The predicted molar refractivity (Wildman–Crippen MR) is 160 cm³/mol. The molecule has 5 aromatic rings. The van der Waals surface area contributed by atoms with Crippen molar-refractivity contribution in [2.24, 2.45) is 0 Å². The SMILES string of the molecule is CN(C)c1ccc([C@H]2C=C(c3c(-c4ccccc4)c4cc(Cl)ccc4[nH]c3=O)NN2C(=O)c2cccs2)cc1. The number of nitrogens with zero attached hydrogens (tertiary/aromatic N) is 2. The maximum Gasteiger partial charge on any atom is 0.283 e. The minimum atomic E-state index is -0.427. The zero-order chi connectivity index (χ0) is 27.1. The van der Waals surface area contributed by atoms with Crippen LogP contribution in [0.15, 0.2) is 101 Å². The van der Waals surface area contributed by atoms with E-state index >= 15 is 0 Å². The van der Waals surface area contributed by atoms with Crippen LogP contribution in [0.3, 0.4) is 0 Å². The third-order valence-corrected chi connectivity index (χ3v) is 7.95. The number of aromatic nitrogens is 1. The third kappa shape index (κ3) is 4.60. The van der Waals surface area contributed by atoms with E-state index in [4.69, 9.17) is 11.6 Å². The Morgan fingerprint density at radius 1 is 0.949 bits per heavy atom. The Bertz CT molecular complexity index is 1760. The monoisotopic (exact) mass is 552 g/mol. The minimum absolute atomic E-state index is 0.167. The zero-order valence-corrected chi connectivity index (χ0v) is 22.9. The second-order valence-corrected chi connectivity index (χ2v) is 10.9. The number of carbonyl (C=O) groups is 1. The molecule has 0 bridgehead atoms. The molecule has 3 heterocycles. The lowest BCUT2D eigenvalue weighted by Gasteiger charge is -2.25. The number of benzene rings is 3. The fraction of sp³-hybridized carbons (Fsp3) is 0.0968. The molecule has 6 nitrogen and oxygen atoms in total. The highest BCUT2D eigenvalue weighted by Gasteiger charge is 2.34. The number of halogens is 1. The van der Waals surface area contributed by atoms with E-state index in [2.05, 4.69) is 10.4 Å². The van der Waals surface area contributed by atoms with Crippen LogP contribution in [0.2, 0.25) is 5.02 Å². The number of aromatic amines is 1. The maximum absolute atomic E-state index is 13.7. The number of thiophene rings is 1. The number of hydrogen-bond donors (Lipinski definition) is 2. The van der Waals surface area contributed by atoms with Crippen LogP contribution >= 0.6 is 22.9 Å². The van der Waals surface area contributed by atoms with Gasteiger partial charge in [-0.2, -0.15) is 0 Å². The molecule has 0 spiro atoms. The highest BCUT2D eigenvalue weighted by Crippen LogP contribution is 2.38. The molecule has 0 aliphatic carbocycles. The lowest BCUT2D eigenvalue weighted by molar-refractivity contribution is 0.0677. The molecule has 2 aromatic heterocycles. The first-order valence-electron chi connectivity index (χ1n) is 12.4. The number of H-pyrrole nitrogens is 1. The Morgan fingerprint density at radius 3 is 2.41 bits per heavy atom. The van der Waals surface area contributed by atoms with Crippen LogP contribution in [0.4, 0.5) is 5.69 Å². The Hall–Kier alpha value is -4.33. The Labute approximate surface area is 234 Å². The van der Waals surface area contributed by atoms with Crippen LogP contribution in [0, 0.1) is 0 Å². The van der Waals surface area contributed by atoms with Crippen molar-refractivity contribution >= 4 is 51.1 Å². The molecule has 1 atom stereocenters. The molecule has 0 unspecified atom stereocenters. The van der Waals surface area contributed by atoms with E-state index in [1.54, 1.807) is 17.1 Å². The number of carbonyl (C=O) groups excluding carboxylic acids is 1. The van der Waals surface area contributed by atoms with Crippen molar-refractivity contribution in [2.75, 3.05) is 19.0 Å². The molecule has 0 saturated carbocycles. The minimum Gasteiger partial charge on any atom is -0.378 e. The summed E-state index contributed by atoms with van der Waals surface area (Å²) in [5.41, 5.74) is 8.35. The van der Waals surface area contributed by atoms with Crippen LogP contribution in [-0.4, -0.2) is 30.0 Å². The molecule has 3 aromatic carbocycles. The Balaban J connectivity index is 1.55. The van der Waals surface area contributed by atoms with Crippen molar-refractivity contribution in [1.82, 2.24) is 15.4 Å². The van der Waals surface area contributed by atoms with E-state index in [0.717, 1.165) is 27.8 Å². The summed E-state index contributed by atoms with van der Waals surface area (Å²) in [4.78, 5) is 33.0. The number of rotatable bonds is 5. The average molecular weight is 553 g/mol. The van der Waals surface area contributed by atoms with E-state index in [-0.39, 0.29) is 11.5 Å². The predicted octanol–water partition coefficient (Wildman–Crippen LogP) is 6.72. The lowest BCUT2D eigenvalue weighted by atomic mass is 9.94. The zero-order valence-electron chi connectivity index (χ0n) is 21.3. The Kier molecular flexibility index (Phi) is 6.46. The van der Waals surface area contributed by atoms with Crippen LogP contribution in [-0.2, 0) is 0 Å². The van der Waals surface area contributed by atoms with Crippen LogP contribution in [0.25, 0.3) is 27.7 Å². The van der Waals surface area contributed by atoms with Crippen LogP contribution in [0.5, 0.6) is 0 Å². The molecule has 194 valence electrons.